The van der Waals surface area contributed by atoms with Gasteiger partial charge in [-0.15, -0.1) is 0 Å². The van der Waals surface area contributed by atoms with Crippen LogP contribution < -0.4 is 11.1 Å². The highest BCUT2D eigenvalue weighted by atomic mass is 16.7. The number of nitrogens with two attached hydrogens (primary N) is 1. The van der Waals surface area contributed by atoms with Gasteiger partial charge in [-0.3, -0.25) is 4.99 Å². The molecule has 9 heteroatoms. The van der Waals surface area contributed by atoms with Gasteiger partial charge in [0.25, 0.3) is 0 Å². The van der Waals surface area contributed by atoms with Crippen molar-refractivity contribution in [2.24, 2.45) is 10.7 Å². The van der Waals surface area contributed by atoms with Gasteiger partial charge in [0, 0.05) is 11.8 Å². The lowest BCUT2D eigenvalue weighted by molar-refractivity contribution is -0.0982. The summed E-state index contributed by atoms with van der Waals surface area (Å²) >= 11 is 0. The highest BCUT2D eigenvalue weighted by Crippen LogP contribution is 2.39. The number of fused-ring (bicyclic) bond motifs is 1. The number of nitrogens with zero attached hydrogens (tertiary/aromatic N) is 3. The molecule has 2 aromatic rings. The van der Waals surface area contributed by atoms with Crippen molar-refractivity contribution < 1.29 is 19.0 Å². The van der Waals surface area contributed by atoms with Crippen LogP contribution in [0.1, 0.15) is 18.0 Å². The van der Waals surface area contributed by atoms with Crippen molar-refractivity contribution in [1.82, 2.24) is 9.55 Å². The fourth-order valence-corrected chi connectivity index (χ4v) is 2.68. The summed E-state index contributed by atoms with van der Waals surface area (Å²) in [4.78, 5) is 8.33. The van der Waals surface area contributed by atoms with Gasteiger partial charge in [-0.2, -0.15) is 0 Å². The van der Waals surface area contributed by atoms with E-state index in [1.54, 1.807) is 12.5 Å². The second kappa shape index (κ2) is 5.21. The average Bonchev–Trinajstić information content (AvgIpc) is 3.26. The Hall–Kier alpha value is -2.20. The van der Waals surface area contributed by atoms with E-state index in [4.69, 9.17) is 24.7 Å². The topological polar surface area (TPSA) is 120 Å². The monoisotopic (exact) mass is 305 g/mol. The Morgan fingerprint density at radius 3 is 3.14 bits per heavy atom. The van der Waals surface area contributed by atoms with Gasteiger partial charge >= 0.3 is 0 Å². The summed E-state index contributed by atoms with van der Waals surface area (Å²) in [5.41, 5.74) is 7.61. The van der Waals surface area contributed by atoms with Crippen LogP contribution in [0.15, 0.2) is 28.1 Å². The summed E-state index contributed by atoms with van der Waals surface area (Å²) in [7, 11) is 0. The molecule has 22 heavy (non-hydrogen) atoms. The Morgan fingerprint density at radius 1 is 1.50 bits per heavy atom. The molecule has 1 saturated heterocycles. The molecule has 0 amide bonds. The van der Waals surface area contributed by atoms with E-state index in [-0.39, 0.29) is 12.8 Å². The predicted octanol–water partition coefficient (Wildman–Crippen LogP) is 0.418. The Kier molecular flexibility index (Phi) is 3.19. The molecule has 0 aromatic carbocycles. The number of hydrogen-bond acceptors (Lipinski definition) is 8. The minimum absolute atomic E-state index is 0.193. The van der Waals surface area contributed by atoms with Crippen LogP contribution >= 0.6 is 0 Å². The Balaban J connectivity index is 1.79. The molecule has 4 rings (SSSR count). The van der Waals surface area contributed by atoms with Gasteiger partial charge in [0.15, 0.2) is 12.5 Å². The van der Waals surface area contributed by atoms with Crippen LogP contribution in [0.25, 0.3) is 11.5 Å². The van der Waals surface area contributed by atoms with Crippen molar-refractivity contribution in [3.8, 4) is 11.5 Å². The minimum Gasteiger partial charge on any atom is -0.444 e. The largest absolute Gasteiger partial charge is 0.444 e. The molecule has 0 radical (unpaired) electrons. The summed E-state index contributed by atoms with van der Waals surface area (Å²) in [5.74, 6) is 1.21. The van der Waals surface area contributed by atoms with E-state index >= 15 is 0 Å². The molecule has 0 bridgehead atoms. The van der Waals surface area contributed by atoms with E-state index < -0.39 is 12.5 Å². The molecule has 0 saturated carbocycles. The van der Waals surface area contributed by atoms with E-state index in [9.17, 15) is 0 Å². The van der Waals surface area contributed by atoms with Crippen molar-refractivity contribution in [3.05, 3.63) is 24.2 Å². The quantitative estimate of drug-likeness (QED) is 0.751. The lowest BCUT2D eigenvalue weighted by Crippen LogP contribution is -2.21. The highest BCUT2D eigenvalue weighted by Gasteiger charge is 2.33. The number of aromatic nitrogens is 2. The number of aliphatic imine (C=N–C) groups is 1. The molecular weight excluding hydrogens is 290 g/mol. The van der Waals surface area contributed by atoms with Gasteiger partial charge in [-0.1, -0.05) is 0 Å². The predicted molar refractivity (Wildman–Crippen MR) is 75.9 cm³/mol. The summed E-state index contributed by atoms with van der Waals surface area (Å²) in [6.07, 6.45) is 4.94. The fourth-order valence-electron chi connectivity index (χ4n) is 2.68. The second-order valence-corrected chi connectivity index (χ2v) is 4.95. The maximum Gasteiger partial charge on any atom is 0.227 e. The van der Waals surface area contributed by atoms with Gasteiger partial charge in [-0.05, 0) is 0 Å². The zero-order valence-electron chi connectivity index (χ0n) is 11.5. The molecule has 116 valence electrons. The third-order valence-electron chi connectivity index (χ3n) is 3.66. The second-order valence-electron chi connectivity index (χ2n) is 4.95. The lowest BCUT2D eigenvalue weighted by Gasteiger charge is -2.20. The number of hydrogen-bond donors (Lipinski definition) is 3. The van der Waals surface area contributed by atoms with Crippen molar-refractivity contribution in [2.75, 3.05) is 18.5 Å². The van der Waals surface area contributed by atoms with E-state index in [0.717, 1.165) is 16.9 Å². The molecule has 0 spiro atoms. The van der Waals surface area contributed by atoms with Crippen molar-refractivity contribution in [3.63, 3.8) is 0 Å². The molecule has 2 aliphatic heterocycles. The van der Waals surface area contributed by atoms with Crippen LogP contribution in [-0.2, 0) is 9.47 Å². The number of ether oxygens (including phenoxy) is 2. The van der Waals surface area contributed by atoms with Crippen molar-refractivity contribution >= 4 is 12.2 Å². The average molecular weight is 305 g/mol. The third-order valence-corrected chi connectivity index (χ3v) is 3.66. The molecule has 2 aliphatic rings. The van der Waals surface area contributed by atoms with E-state index in [0.29, 0.717) is 12.5 Å². The zero-order valence-corrected chi connectivity index (χ0v) is 11.5. The molecular formula is C13H15N5O4. The minimum atomic E-state index is -0.626. The van der Waals surface area contributed by atoms with E-state index in [1.165, 1.54) is 6.26 Å². The van der Waals surface area contributed by atoms with E-state index in [2.05, 4.69) is 15.3 Å². The molecule has 1 unspecified atom stereocenters. The number of anilines is 1. The third kappa shape index (κ3) is 2.03. The molecule has 3 atom stereocenters. The number of oxazole rings is 1. The van der Waals surface area contributed by atoms with Crippen LogP contribution in [0.2, 0.25) is 0 Å². The first-order valence-corrected chi connectivity index (χ1v) is 6.84. The lowest BCUT2D eigenvalue weighted by atomic mass is 10.1. The number of aliphatic hydroxyl groups is 1. The first-order chi connectivity index (χ1) is 10.8. The maximum atomic E-state index is 9.13. The summed E-state index contributed by atoms with van der Waals surface area (Å²) in [6, 6.07) is 0. The SMILES string of the molecule is NC1N=CNc2c1c(-c1ncco1)cn2[C@H]1CO[C@@H](CO)O1. The normalized spacial score (nSPS) is 26.9. The highest BCUT2D eigenvalue weighted by molar-refractivity contribution is 5.83. The van der Waals surface area contributed by atoms with Crippen LogP contribution in [-0.4, -0.2) is 40.5 Å². The Bertz CT molecular complexity index is 696. The van der Waals surface area contributed by atoms with Crippen LogP contribution in [0.4, 0.5) is 5.82 Å². The molecule has 9 nitrogen and oxygen atoms in total. The summed E-state index contributed by atoms with van der Waals surface area (Å²) in [5, 5.41) is 12.2. The standard InChI is InChI=1S/C13H15N5O4/c14-11-10-7(13-15-1-2-20-13)3-18(12(10)17-6-16-11)8-5-21-9(4-19)22-8/h1-3,6,8-9,11,19H,4-5,14H2,(H,16,17)/t8-,9-,11?/m1/s1. The van der Waals surface area contributed by atoms with Crippen molar-refractivity contribution in [2.45, 2.75) is 18.7 Å². The molecule has 0 aliphatic carbocycles. The Labute approximate surface area is 125 Å². The molecule has 2 aromatic heterocycles. The first-order valence-electron chi connectivity index (χ1n) is 6.84. The first kappa shape index (κ1) is 13.5. The van der Waals surface area contributed by atoms with Crippen LogP contribution in [0.5, 0.6) is 0 Å². The molecule has 4 N–H and O–H groups in total. The number of rotatable bonds is 3. The molecule has 1 fully saturated rings. The van der Waals surface area contributed by atoms with Gasteiger partial charge in [0.2, 0.25) is 5.89 Å². The van der Waals surface area contributed by atoms with E-state index in [1.807, 2.05) is 10.8 Å². The summed E-state index contributed by atoms with van der Waals surface area (Å²) in [6.45, 7) is 0.131. The van der Waals surface area contributed by atoms with Gasteiger partial charge in [0.05, 0.1) is 31.3 Å². The van der Waals surface area contributed by atoms with Crippen molar-refractivity contribution in [1.29, 1.82) is 0 Å². The number of aliphatic hydroxyl groups excluding tert-OH is 1. The van der Waals surface area contributed by atoms with Gasteiger partial charge in [-0.25, -0.2) is 4.98 Å². The van der Waals surface area contributed by atoms with Gasteiger partial charge in [0.1, 0.15) is 18.2 Å². The van der Waals surface area contributed by atoms with Crippen LogP contribution in [0, 0.1) is 0 Å². The summed E-state index contributed by atoms with van der Waals surface area (Å²) < 4.78 is 18.2. The smallest absolute Gasteiger partial charge is 0.227 e. The van der Waals surface area contributed by atoms with Gasteiger partial charge < -0.3 is 34.6 Å². The fraction of sp³-hybridized carbons (Fsp3) is 0.385. The Morgan fingerprint density at radius 2 is 2.41 bits per heavy atom. The zero-order chi connectivity index (χ0) is 15.1. The molecule has 4 heterocycles. The van der Waals surface area contributed by atoms with Crippen LogP contribution in [0.3, 0.4) is 0 Å². The number of nitrogens with one attached hydrogen (secondary N) is 1. The maximum absolute atomic E-state index is 9.13.